The van der Waals surface area contributed by atoms with Crippen LogP contribution in [0.4, 0.5) is 5.69 Å². The minimum absolute atomic E-state index is 0.247. The summed E-state index contributed by atoms with van der Waals surface area (Å²) in [5, 5.41) is 7.61. The monoisotopic (exact) mass is 508 g/mol. The van der Waals surface area contributed by atoms with Crippen LogP contribution in [0.5, 0.6) is 11.5 Å². The molecule has 0 spiro atoms. The van der Waals surface area contributed by atoms with Crippen molar-refractivity contribution in [2.75, 3.05) is 18.5 Å². The third-order valence-corrected chi connectivity index (χ3v) is 5.95. The SMILES string of the molecule is CCOc1ccc(-c2c(C)nn3c(C)c(C(=O)Nc4ccccc4Br)cnc23)cc1OCC. The first-order chi connectivity index (χ1) is 15.9. The molecule has 2 aromatic carbocycles. The molecule has 0 saturated heterocycles. The molecule has 0 aliphatic rings. The van der Waals surface area contributed by atoms with Gasteiger partial charge in [0.15, 0.2) is 17.1 Å². The average molecular weight is 509 g/mol. The van der Waals surface area contributed by atoms with Crippen LogP contribution < -0.4 is 14.8 Å². The van der Waals surface area contributed by atoms with Gasteiger partial charge in [-0.25, -0.2) is 9.50 Å². The third kappa shape index (κ3) is 4.43. The molecule has 0 atom stereocenters. The van der Waals surface area contributed by atoms with Gasteiger partial charge in [0.2, 0.25) is 0 Å². The summed E-state index contributed by atoms with van der Waals surface area (Å²) in [4.78, 5) is 17.6. The number of hydrogen-bond donors (Lipinski definition) is 1. The second-order valence-electron chi connectivity index (χ2n) is 7.41. The van der Waals surface area contributed by atoms with Crippen molar-refractivity contribution in [1.29, 1.82) is 0 Å². The Morgan fingerprint density at radius 3 is 2.52 bits per heavy atom. The number of benzene rings is 2. The molecular formula is C25H25BrN4O3. The van der Waals surface area contributed by atoms with Gasteiger partial charge < -0.3 is 14.8 Å². The second-order valence-corrected chi connectivity index (χ2v) is 8.27. The van der Waals surface area contributed by atoms with E-state index >= 15 is 0 Å². The molecule has 0 aliphatic carbocycles. The van der Waals surface area contributed by atoms with Gasteiger partial charge in [0.05, 0.1) is 35.9 Å². The van der Waals surface area contributed by atoms with E-state index in [0.717, 1.165) is 21.3 Å². The number of nitrogens with one attached hydrogen (secondary N) is 1. The first-order valence-electron chi connectivity index (χ1n) is 10.7. The van der Waals surface area contributed by atoms with Gasteiger partial charge in [-0.2, -0.15) is 5.10 Å². The Bertz CT molecular complexity index is 1330. The van der Waals surface area contributed by atoms with Crippen LogP contribution in [-0.2, 0) is 0 Å². The van der Waals surface area contributed by atoms with Crippen LogP contribution in [0.1, 0.15) is 35.6 Å². The second kappa shape index (κ2) is 9.62. The van der Waals surface area contributed by atoms with E-state index in [2.05, 4.69) is 31.3 Å². The topological polar surface area (TPSA) is 77.8 Å². The summed E-state index contributed by atoms with van der Waals surface area (Å²) in [5.41, 5.74) is 5.14. The van der Waals surface area contributed by atoms with E-state index in [0.29, 0.717) is 47.3 Å². The highest BCUT2D eigenvalue weighted by Gasteiger charge is 2.20. The predicted octanol–water partition coefficient (Wildman–Crippen LogP) is 5.83. The Balaban J connectivity index is 1.75. The number of aryl methyl sites for hydroxylation is 2. The summed E-state index contributed by atoms with van der Waals surface area (Å²) < 4.78 is 14.0. The van der Waals surface area contributed by atoms with Crippen LogP contribution in [0, 0.1) is 13.8 Å². The highest BCUT2D eigenvalue weighted by molar-refractivity contribution is 9.10. The van der Waals surface area contributed by atoms with Crippen LogP contribution in [-0.4, -0.2) is 33.7 Å². The van der Waals surface area contributed by atoms with E-state index in [4.69, 9.17) is 9.47 Å². The maximum atomic E-state index is 13.0. The molecule has 1 N–H and O–H groups in total. The summed E-state index contributed by atoms with van der Waals surface area (Å²) in [5.74, 6) is 1.13. The summed E-state index contributed by atoms with van der Waals surface area (Å²) in [6, 6.07) is 13.3. The van der Waals surface area contributed by atoms with E-state index in [1.165, 1.54) is 0 Å². The molecule has 33 heavy (non-hydrogen) atoms. The zero-order chi connectivity index (χ0) is 23.5. The van der Waals surface area contributed by atoms with Crippen molar-refractivity contribution in [3.05, 3.63) is 70.1 Å². The van der Waals surface area contributed by atoms with Crippen molar-refractivity contribution in [3.8, 4) is 22.6 Å². The third-order valence-electron chi connectivity index (χ3n) is 5.26. The molecule has 0 bridgehead atoms. The van der Waals surface area contributed by atoms with E-state index in [-0.39, 0.29) is 5.91 Å². The fourth-order valence-corrected chi connectivity index (χ4v) is 4.11. The van der Waals surface area contributed by atoms with Crippen LogP contribution in [0.3, 0.4) is 0 Å². The number of halogens is 1. The molecule has 1 amide bonds. The van der Waals surface area contributed by atoms with Crippen molar-refractivity contribution in [2.45, 2.75) is 27.7 Å². The highest BCUT2D eigenvalue weighted by Crippen LogP contribution is 2.36. The van der Waals surface area contributed by atoms with Crippen LogP contribution in [0.25, 0.3) is 16.8 Å². The normalized spacial score (nSPS) is 10.9. The molecule has 0 unspecified atom stereocenters. The van der Waals surface area contributed by atoms with Crippen molar-refractivity contribution in [2.24, 2.45) is 0 Å². The summed E-state index contributed by atoms with van der Waals surface area (Å²) in [6.07, 6.45) is 1.60. The first kappa shape index (κ1) is 22.8. The Labute approximate surface area is 200 Å². The number of hydrogen-bond acceptors (Lipinski definition) is 5. The number of fused-ring (bicyclic) bond motifs is 1. The summed E-state index contributed by atoms with van der Waals surface area (Å²) in [6.45, 7) is 8.76. The molecule has 0 radical (unpaired) electrons. The molecule has 0 aliphatic heterocycles. The van der Waals surface area contributed by atoms with Crippen molar-refractivity contribution >= 4 is 33.2 Å². The number of carbonyl (C=O) groups is 1. The van der Waals surface area contributed by atoms with E-state index in [1.807, 2.05) is 70.2 Å². The zero-order valence-electron chi connectivity index (χ0n) is 19.0. The van der Waals surface area contributed by atoms with Crippen molar-refractivity contribution in [1.82, 2.24) is 14.6 Å². The average Bonchev–Trinajstić information content (AvgIpc) is 3.14. The highest BCUT2D eigenvalue weighted by atomic mass is 79.9. The maximum Gasteiger partial charge on any atom is 0.259 e. The molecule has 2 aromatic heterocycles. The van der Waals surface area contributed by atoms with E-state index in [1.54, 1.807) is 10.7 Å². The van der Waals surface area contributed by atoms with Crippen molar-refractivity contribution in [3.63, 3.8) is 0 Å². The zero-order valence-corrected chi connectivity index (χ0v) is 20.6. The standard InChI is InChI=1S/C25H25BrN4O3/c1-5-32-21-12-11-17(13-22(21)33-6-2)23-15(3)29-30-16(4)18(14-27-24(23)30)25(31)28-20-10-8-7-9-19(20)26/h7-14H,5-6H2,1-4H3,(H,28,31). The molecule has 4 rings (SSSR count). The molecule has 170 valence electrons. The van der Waals surface area contributed by atoms with Crippen LogP contribution >= 0.6 is 15.9 Å². The number of aromatic nitrogens is 3. The summed E-state index contributed by atoms with van der Waals surface area (Å²) in [7, 11) is 0. The molecule has 0 saturated carbocycles. The minimum Gasteiger partial charge on any atom is -0.490 e. The molecule has 2 heterocycles. The number of rotatable bonds is 7. The van der Waals surface area contributed by atoms with Gasteiger partial charge in [0, 0.05) is 16.2 Å². The van der Waals surface area contributed by atoms with Gasteiger partial charge in [0.1, 0.15) is 0 Å². The lowest BCUT2D eigenvalue weighted by Gasteiger charge is -2.12. The fraction of sp³-hybridized carbons (Fsp3) is 0.240. The fourth-order valence-electron chi connectivity index (χ4n) is 3.72. The largest absolute Gasteiger partial charge is 0.490 e. The lowest BCUT2D eigenvalue weighted by molar-refractivity contribution is 0.102. The van der Waals surface area contributed by atoms with E-state index in [9.17, 15) is 4.79 Å². The Kier molecular flexibility index (Phi) is 6.65. The van der Waals surface area contributed by atoms with Gasteiger partial charge in [-0.05, 0) is 73.5 Å². The van der Waals surface area contributed by atoms with Crippen LogP contribution in [0.15, 0.2) is 53.1 Å². The number of amides is 1. The number of nitrogens with zero attached hydrogens (tertiary/aromatic N) is 3. The van der Waals surface area contributed by atoms with Gasteiger partial charge in [-0.1, -0.05) is 18.2 Å². The number of anilines is 1. The number of ether oxygens (including phenoxy) is 2. The predicted molar refractivity (Wildman–Crippen MR) is 132 cm³/mol. The molecule has 4 aromatic rings. The minimum atomic E-state index is -0.247. The quantitative estimate of drug-likeness (QED) is 0.340. The number of para-hydroxylation sites is 1. The van der Waals surface area contributed by atoms with Gasteiger partial charge in [-0.3, -0.25) is 4.79 Å². The maximum absolute atomic E-state index is 13.0. The Morgan fingerprint density at radius 2 is 1.79 bits per heavy atom. The lowest BCUT2D eigenvalue weighted by Crippen LogP contribution is -2.16. The van der Waals surface area contributed by atoms with Gasteiger partial charge in [-0.15, -0.1) is 0 Å². The van der Waals surface area contributed by atoms with Gasteiger partial charge in [0.25, 0.3) is 5.91 Å². The molecule has 8 heteroatoms. The van der Waals surface area contributed by atoms with Crippen molar-refractivity contribution < 1.29 is 14.3 Å². The Hall–Kier alpha value is -3.39. The molecule has 7 nitrogen and oxygen atoms in total. The summed E-state index contributed by atoms with van der Waals surface area (Å²) >= 11 is 3.46. The number of carbonyl (C=O) groups excluding carboxylic acids is 1. The first-order valence-corrected chi connectivity index (χ1v) is 11.5. The Morgan fingerprint density at radius 1 is 1.06 bits per heavy atom. The molecule has 0 fully saturated rings. The van der Waals surface area contributed by atoms with Gasteiger partial charge >= 0.3 is 0 Å². The smallest absolute Gasteiger partial charge is 0.259 e. The molecular weight excluding hydrogens is 484 g/mol. The van der Waals surface area contributed by atoms with E-state index < -0.39 is 0 Å². The van der Waals surface area contributed by atoms with Crippen LogP contribution in [0.2, 0.25) is 0 Å². The lowest BCUT2D eigenvalue weighted by atomic mass is 10.1.